The SMILES string of the molecule is C=C/C=C/N(/C=C/CN(C1=C(C)C=C(C)N(C)C1C)c1ccc(-c2cccc(C)c2)cc1)c1ccc(/C(=C/C=C\CC)CC)cc1. The molecule has 3 heteroatoms. The van der Waals surface area contributed by atoms with Gasteiger partial charge in [-0.2, -0.15) is 0 Å². The van der Waals surface area contributed by atoms with Crippen LogP contribution in [0.4, 0.5) is 11.4 Å². The summed E-state index contributed by atoms with van der Waals surface area (Å²) in [7, 11) is 2.18. The van der Waals surface area contributed by atoms with Gasteiger partial charge < -0.3 is 14.7 Å². The van der Waals surface area contributed by atoms with Crippen LogP contribution in [0.25, 0.3) is 16.7 Å². The average molecular weight is 610 g/mol. The van der Waals surface area contributed by atoms with Gasteiger partial charge in [0.25, 0.3) is 0 Å². The fourth-order valence-electron chi connectivity index (χ4n) is 5.97. The van der Waals surface area contributed by atoms with Gasteiger partial charge in [-0.3, -0.25) is 0 Å². The van der Waals surface area contributed by atoms with Gasteiger partial charge in [-0.1, -0.05) is 98.8 Å². The first-order chi connectivity index (χ1) is 22.3. The molecule has 0 saturated carbocycles. The highest BCUT2D eigenvalue weighted by Crippen LogP contribution is 2.33. The topological polar surface area (TPSA) is 9.72 Å². The predicted molar refractivity (Wildman–Crippen MR) is 203 cm³/mol. The molecule has 4 rings (SSSR count). The zero-order chi connectivity index (χ0) is 33.1. The fourth-order valence-corrected chi connectivity index (χ4v) is 5.97. The molecule has 1 aliphatic rings. The van der Waals surface area contributed by atoms with Crippen molar-refractivity contribution in [3.8, 4) is 11.1 Å². The average Bonchev–Trinajstić information content (AvgIpc) is 3.06. The molecule has 0 N–H and O–H groups in total. The lowest BCUT2D eigenvalue weighted by Crippen LogP contribution is -2.40. The molecule has 0 amide bonds. The summed E-state index contributed by atoms with van der Waals surface area (Å²) in [4.78, 5) is 6.98. The van der Waals surface area contributed by atoms with Gasteiger partial charge in [0.2, 0.25) is 0 Å². The van der Waals surface area contributed by atoms with Crippen molar-refractivity contribution in [1.82, 2.24) is 4.90 Å². The van der Waals surface area contributed by atoms with Crippen LogP contribution in [0.3, 0.4) is 0 Å². The van der Waals surface area contributed by atoms with Crippen LogP contribution >= 0.6 is 0 Å². The van der Waals surface area contributed by atoms with E-state index in [1.54, 1.807) is 0 Å². The van der Waals surface area contributed by atoms with Crippen LogP contribution in [0.2, 0.25) is 0 Å². The maximum Gasteiger partial charge on any atom is 0.0662 e. The Hall–Kier alpha value is -4.76. The van der Waals surface area contributed by atoms with Crippen molar-refractivity contribution in [2.24, 2.45) is 0 Å². The van der Waals surface area contributed by atoms with E-state index in [1.165, 1.54) is 50.5 Å². The molecule has 1 unspecified atom stereocenters. The van der Waals surface area contributed by atoms with Crippen LogP contribution in [0.15, 0.2) is 151 Å². The largest absolute Gasteiger partial charge is 0.370 e. The monoisotopic (exact) mass is 609 g/mol. The Balaban J connectivity index is 1.66. The molecule has 0 saturated heterocycles. The fraction of sp³-hybridized carbons (Fsp3) is 0.256. The molecular weight excluding hydrogens is 558 g/mol. The second kappa shape index (κ2) is 16.5. The lowest BCUT2D eigenvalue weighted by atomic mass is 9.99. The van der Waals surface area contributed by atoms with Gasteiger partial charge in [0, 0.05) is 48.8 Å². The van der Waals surface area contributed by atoms with Crippen molar-refractivity contribution in [1.29, 1.82) is 0 Å². The molecule has 3 aromatic carbocycles. The van der Waals surface area contributed by atoms with Gasteiger partial charge in [0.1, 0.15) is 0 Å². The van der Waals surface area contributed by atoms with E-state index in [2.05, 4.69) is 185 Å². The van der Waals surface area contributed by atoms with Gasteiger partial charge in [-0.25, -0.2) is 0 Å². The Morgan fingerprint density at radius 2 is 1.57 bits per heavy atom. The normalized spacial score (nSPS) is 15.7. The third-order valence-corrected chi connectivity index (χ3v) is 8.71. The van der Waals surface area contributed by atoms with Crippen LogP contribution in [0.1, 0.15) is 58.6 Å². The predicted octanol–water partition coefficient (Wildman–Crippen LogP) is 11.5. The highest BCUT2D eigenvalue weighted by molar-refractivity contribution is 5.70. The second-order valence-electron chi connectivity index (χ2n) is 12.0. The Morgan fingerprint density at radius 3 is 2.22 bits per heavy atom. The minimum Gasteiger partial charge on any atom is -0.370 e. The van der Waals surface area contributed by atoms with E-state index in [9.17, 15) is 0 Å². The van der Waals surface area contributed by atoms with Crippen LogP contribution in [-0.4, -0.2) is 24.5 Å². The van der Waals surface area contributed by atoms with Crippen molar-refractivity contribution in [2.45, 2.75) is 60.4 Å². The van der Waals surface area contributed by atoms with Crippen molar-refractivity contribution in [2.75, 3.05) is 23.4 Å². The summed E-state index contributed by atoms with van der Waals surface area (Å²) in [6, 6.07) is 26.8. The summed E-state index contributed by atoms with van der Waals surface area (Å²) >= 11 is 0. The smallest absolute Gasteiger partial charge is 0.0662 e. The number of nitrogens with zero attached hydrogens (tertiary/aromatic N) is 3. The molecule has 3 aromatic rings. The first-order valence-electron chi connectivity index (χ1n) is 16.5. The maximum absolute atomic E-state index is 3.91. The zero-order valence-corrected chi connectivity index (χ0v) is 28.9. The van der Waals surface area contributed by atoms with Gasteiger partial charge in [-0.05, 0) is 111 Å². The van der Waals surface area contributed by atoms with Crippen molar-refractivity contribution < 1.29 is 0 Å². The quantitative estimate of drug-likeness (QED) is 0.179. The number of anilines is 2. The Bertz CT molecular complexity index is 1640. The standard InChI is InChI=1S/C43H51N3/c1-9-12-14-18-37(11-3)38-20-24-41(25-21-38)45(28-13-10-2)29-16-30-46(43-34(5)32-35(6)44(8)36(43)7)42-26-22-39(23-27-42)40-19-15-17-33(4)31-40/h10,12-29,31-32,36H,2,9,11,30H2,1,3-8H3/b14-12-,28-13+,29-16+,37-18+. The lowest BCUT2D eigenvalue weighted by molar-refractivity contribution is 0.346. The molecule has 0 aromatic heterocycles. The summed E-state index contributed by atoms with van der Waals surface area (Å²) in [5.41, 5.74) is 12.5. The molecule has 0 aliphatic carbocycles. The number of hydrogen-bond donors (Lipinski definition) is 0. The number of rotatable bonds is 13. The number of likely N-dealkylation sites (N-methyl/N-ethyl adjacent to an activating group) is 1. The van der Waals surface area contributed by atoms with E-state index >= 15 is 0 Å². The molecule has 0 fully saturated rings. The summed E-state index contributed by atoms with van der Waals surface area (Å²) in [5.74, 6) is 0. The molecule has 0 spiro atoms. The lowest BCUT2D eigenvalue weighted by Gasteiger charge is -2.40. The molecule has 46 heavy (non-hydrogen) atoms. The van der Waals surface area contributed by atoms with Gasteiger partial charge >= 0.3 is 0 Å². The summed E-state index contributed by atoms with van der Waals surface area (Å²) in [6.07, 6.45) is 21.2. The van der Waals surface area contributed by atoms with E-state index in [4.69, 9.17) is 0 Å². The van der Waals surface area contributed by atoms with Crippen LogP contribution in [0, 0.1) is 6.92 Å². The Labute approximate surface area is 278 Å². The second-order valence-corrected chi connectivity index (χ2v) is 12.0. The van der Waals surface area contributed by atoms with Gasteiger partial charge in [0.05, 0.1) is 6.04 Å². The Kier molecular flexibility index (Phi) is 12.3. The van der Waals surface area contributed by atoms with Crippen molar-refractivity contribution in [3.63, 3.8) is 0 Å². The maximum atomic E-state index is 3.91. The first-order valence-corrected chi connectivity index (χ1v) is 16.5. The summed E-state index contributed by atoms with van der Waals surface area (Å²) in [6.45, 7) is 17.9. The minimum absolute atomic E-state index is 0.243. The molecule has 1 atom stereocenters. The number of hydrogen-bond acceptors (Lipinski definition) is 3. The van der Waals surface area contributed by atoms with E-state index in [1.807, 2.05) is 12.2 Å². The summed E-state index contributed by atoms with van der Waals surface area (Å²) < 4.78 is 0. The molecule has 0 radical (unpaired) electrons. The van der Waals surface area contributed by atoms with E-state index in [0.29, 0.717) is 0 Å². The third kappa shape index (κ3) is 8.48. The zero-order valence-electron chi connectivity index (χ0n) is 28.9. The molecule has 0 bridgehead atoms. The summed E-state index contributed by atoms with van der Waals surface area (Å²) in [5, 5.41) is 0. The highest BCUT2D eigenvalue weighted by atomic mass is 15.2. The number of benzene rings is 3. The number of allylic oxidation sites excluding steroid dienone is 9. The molecule has 1 heterocycles. The third-order valence-electron chi connectivity index (χ3n) is 8.71. The van der Waals surface area contributed by atoms with E-state index in [0.717, 1.165) is 25.1 Å². The highest BCUT2D eigenvalue weighted by Gasteiger charge is 2.26. The van der Waals surface area contributed by atoms with Crippen molar-refractivity contribution in [3.05, 3.63) is 162 Å². The van der Waals surface area contributed by atoms with Gasteiger partial charge in [-0.15, -0.1) is 0 Å². The van der Waals surface area contributed by atoms with Crippen LogP contribution in [0.5, 0.6) is 0 Å². The molecule has 3 nitrogen and oxygen atoms in total. The molecule has 238 valence electrons. The van der Waals surface area contributed by atoms with Gasteiger partial charge in [0.15, 0.2) is 0 Å². The van der Waals surface area contributed by atoms with E-state index < -0.39 is 0 Å². The van der Waals surface area contributed by atoms with Crippen LogP contribution < -0.4 is 9.80 Å². The Morgan fingerprint density at radius 1 is 0.848 bits per heavy atom. The minimum atomic E-state index is 0.243. The van der Waals surface area contributed by atoms with Crippen molar-refractivity contribution >= 4 is 16.9 Å². The molecule has 1 aliphatic heterocycles. The number of aryl methyl sites for hydroxylation is 1. The van der Waals surface area contributed by atoms with E-state index in [-0.39, 0.29) is 6.04 Å². The van der Waals surface area contributed by atoms with Crippen LogP contribution in [-0.2, 0) is 0 Å². The molecular formula is C43H51N3. The first kappa shape index (κ1) is 34.1.